The van der Waals surface area contributed by atoms with Crippen LogP contribution in [0.5, 0.6) is 0 Å². The van der Waals surface area contributed by atoms with Gasteiger partial charge in [-0.15, -0.1) is 10.2 Å². The van der Waals surface area contributed by atoms with E-state index in [1.54, 1.807) is 0 Å². The van der Waals surface area contributed by atoms with E-state index in [-0.39, 0.29) is 0 Å². The van der Waals surface area contributed by atoms with E-state index < -0.39 is 0 Å². The van der Waals surface area contributed by atoms with E-state index in [0.29, 0.717) is 0 Å². The number of halogens is 1. The smallest absolute Gasteiger partial charge is 0.129 e. The summed E-state index contributed by atoms with van der Waals surface area (Å²) in [5.74, 6) is 0. The van der Waals surface area contributed by atoms with Gasteiger partial charge in [-0.2, -0.15) is 0 Å². The fourth-order valence-electron chi connectivity index (χ4n) is 0.959. The zero-order valence-electron chi connectivity index (χ0n) is 5.66. The molecule has 0 spiro atoms. The molecule has 3 heteroatoms. The second kappa shape index (κ2) is 2.58. The van der Waals surface area contributed by atoms with Crippen LogP contribution >= 0.6 is 15.9 Å². The van der Waals surface area contributed by atoms with Crippen molar-refractivity contribution in [3.63, 3.8) is 0 Å². The normalized spacial score (nSPS) is 10.3. The van der Waals surface area contributed by atoms with Crippen molar-refractivity contribution in [1.29, 1.82) is 0 Å². The van der Waals surface area contributed by atoms with E-state index in [4.69, 9.17) is 0 Å². The summed E-state index contributed by atoms with van der Waals surface area (Å²) < 4.78 is 0.774. The number of nitrogens with zero attached hydrogens (tertiary/aromatic N) is 2. The fourth-order valence-corrected chi connectivity index (χ4v) is 1.29. The maximum atomic E-state index is 3.98. The molecule has 2 rings (SSSR count). The van der Waals surface area contributed by atoms with Crippen LogP contribution < -0.4 is 0 Å². The van der Waals surface area contributed by atoms with E-state index in [1.807, 2.05) is 30.3 Å². The summed E-state index contributed by atoms with van der Waals surface area (Å²) >= 11 is 3.26. The summed E-state index contributed by atoms with van der Waals surface area (Å²) in [6.07, 6.45) is 0. The highest BCUT2D eigenvalue weighted by Gasteiger charge is 1.93. The summed E-state index contributed by atoms with van der Waals surface area (Å²) in [5.41, 5.74) is 0.927. The van der Waals surface area contributed by atoms with Gasteiger partial charge < -0.3 is 0 Å². The minimum atomic E-state index is 0.774. The molecule has 11 heavy (non-hydrogen) atoms. The Morgan fingerprint density at radius 1 is 1.09 bits per heavy atom. The number of fused-ring (bicyclic) bond motifs is 1. The van der Waals surface area contributed by atoms with Crippen molar-refractivity contribution in [1.82, 2.24) is 10.2 Å². The van der Waals surface area contributed by atoms with Crippen LogP contribution in [0.1, 0.15) is 0 Å². The number of rotatable bonds is 0. The molecule has 1 heterocycles. The Morgan fingerprint density at radius 2 is 1.91 bits per heavy atom. The molecule has 0 fully saturated rings. The van der Waals surface area contributed by atoms with Crippen LogP contribution in [0.4, 0.5) is 0 Å². The second-order valence-electron chi connectivity index (χ2n) is 2.23. The largest absolute Gasteiger partial charge is 0.149 e. The van der Waals surface area contributed by atoms with Gasteiger partial charge in [-0.1, -0.05) is 18.2 Å². The minimum Gasteiger partial charge on any atom is -0.149 e. The van der Waals surface area contributed by atoms with Gasteiger partial charge in [0.05, 0.1) is 5.52 Å². The van der Waals surface area contributed by atoms with Gasteiger partial charge in [0.15, 0.2) is 0 Å². The van der Waals surface area contributed by atoms with Crippen molar-refractivity contribution in [2.24, 2.45) is 0 Å². The van der Waals surface area contributed by atoms with Gasteiger partial charge in [-0.05, 0) is 28.1 Å². The van der Waals surface area contributed by atoms with Gasteiger partial charge in [-0.3, -0.25) is 0 Å². The number of benzene rings is 1. The maximum Gasteiger partial charge on any atom is 0.129 e. The summed E-state index contributed by atoms with van der Waals surface area (Å²) in [5, 5.41) is 8.96. The van der Waals surface area contributed by atoms with Crippen molar-refractivity contribution < 1.29 is 0 Å². The zero-order chi connectivity index (χ0) is 7.68. The number of hydrogen-bond donors (Lipinski definition) is 0. The lowest BCUT2D eigenvalue weighted by atomic mass is 10.2. The monoisotopic (exact) mass is 208 g/mol. The molecule has 1 aromatic carbocycles. The SMILES string of the molecule is Brc1cc2ccccc2nn1. The molecule has 0 amide bonds. The molecule has 0 saturated carbocycles. The highest BCUT2D eigenvalue weighted by atomic mass is 79.9. The summed E-state index contributed by atoms with van der Waals surface area (Å²) in [6.45, 7) is 0. The molecule has 2 nitrogen and oxygen atoms in total. The summed E-state index contributed by atoms with van der Waals surface area (Å²) in [4.78, 5) is 0. The molecule has 54 valence electrons. The number of aromatic nitrogens is 2. The van der Waals surface area contributed by atoms with Gasteiger partial charge in [-0.25, -0.2) is 0 Å². The average molecular weight is 209 g/mol. The molecule has 0 N–H and O–H groups in total. The van der Waals surface area contributed by atoms with E-state index in [9.17, 15) is 0 Å². The topological polar surface area (TPSA) is 25.8 Å². The third-order valence-corrected chi connectivity index (χ3v) is 1.85. The second-order valence-corrected chi connectivity index (χ2v) is 3.04. The first-order chi connectivity index (χ1) is 5.36. The van der Waals surface area contributed by atoms with Crippen LogP contribution in [-0.4, -0.2) is 10.2 Å². The average Bonchev–Trinajstić information content (AvgIpc) is 2.04. The van der Waals surface area contributed by atoms with Crippen molar-refractivity contribution in [2.45, 2.75) is 0 Å². The van der Waals surface area contributed by atoms with Gasteiger partial charge in [0, 0.05) is 5.39 Å². The Hall–Kier alpha value is -0.960. The molecule has 0 unspecified atom stereocenters. The maximum absolute atomic E-state index is 3.98. The molecule has 2 aromatic rings. The number of hydrogen-bond acceptors (Lipinski definition) is 2. The van der Waals surface area contributed by atoms with Crippen molar-refractivity contribution in [2.75, 3.05) is 0 Å². The molecule has 0 atom stereocenters. The molecule has 0 saturated heterocycles. The first-order valence-corrected chi connectivity index (χ1v) is 4.03. The fraction of sp³-hybridized carbons (Fsp3) is 0. The van der Waals surface area contributed by atoms with Gasteiger partial charge >= 0.3 is 0 Å². The van der Waals surface area contributed by atoms with E-state index in [0.717, 1.165) is 15.5 Å². The van der Waals surface area contributed by atoms with Gasteiger partial charge in [0.1, 0.15) is 4.60 Å². The van der Waals surface area contributed by atoms with Gasteiger partial charge in [0.2, 0.25) is 0 Å². The molecule has 0 aliphatic carbocycles. The molecule has 0 radical (unpaired) electrons. The Labute approximate surface area is 72.4 Å². The highest BCUT2D eigenvalue weighted by molar-refractivity contribution is 9.10. The summed E-state index contributed by atoms with van der Waals surface area (Å²) in [7, 11) is 0. The Balaban J connectivity index is 2.83. The predicted octanol–water partition coefficient (Wildman–Crippen LogP) is 2.39. The van der Waals surface area contributed by atoms with Crippen molar-refractivity contribution in [3.05, 3.63) is 34.9 Å². The quantitative estimate of drug-likeness (QED) is 0.665. The summed E-state index contributed by atoms with van der Waals surface area (Å²) in [6, 6.07) is 9.83. The molecule has 0 aliphatic rings. The standard InChI is InChI=1S/C8H5BrN2/c9-8-5-6-3-1-2-4-7(6)10-11-8/h1-5H. The lowest BCUT2D eigenvalue weighted by Crippen LogP contribution is -1.82. The Kier molecular flexibility index (Phi) is 1.58. The predicted molar refractivity (Wildman–Crippen MR) is 47.2 cm³/mol. The van der Waals surface area contributed by atoms with E-state index in [1.165, 1.54) is 0 Å². The molecular weight excluding hydrogens is 204 g/mol. The van der Waals surface area contributed by atoms with Crippen LogP contribution in [0.25, 0.3) is 10.9 Å². The van der Waals surface area contributed by atoms with E-state index >= 15 is 0 Å². The first-order valence-electron chi connectivity index (χ1n) is 3.24. The highest BCUT2D eigenvalue weighted by Crippen LogP contribution is 2.13. The van der Waals surface area contributed by atoms with Crippen LogP contribution in [0.3, 0.4) is 0 Å². The first kappa shape index (κ1) is 6.73. The van der Waals surface area contributed by atoms with Crippen molar-refractivity contribution >= 4 is 26.8 Å². The zero-order valence-corrected chi connectivity index (χ0v) is 7.25. The van der Waals surface area contributed by atoms with Crippen molar-refractivity contribution in [3.8, 4) is 0 Å². The van der Waals surface area contributed by atoms with E-state index in [2.05, 4.69) is 26.1 Å². The molecule has 0 aliphatic heterocycles. The Bertz CT molecular complexity index is 387. The molecule has 0 bridgehead atoms. The minimum absolute atomic E-state index is 0.774. The van der Waals surface area contributed by atoms with Crippen LogP contribution in [-0.2, 0) is 0 Å². The Morgan fingerprint density at radius 3 is 2.82 bits per heavy atom. The van der Waals surface area contributed by atoms with Gasteiger partial charge in [0.25, 0.3) is 0 Å². The molecular formula is C8H5BrN2. The van der Waals surface area contributed by atoms with Crippen LogP contribution in [0, 0.1) is 0 Å². The lowest BCUT2D eigenvalue weighted by Gasteiger charge is -1.93. The lowest BCUT2D eigenvalue weighted by molar-refractivity contribution is 1.05. The molecule has 1 aromatic heterocycles. The third-order valence-electron chi connectivity index (χ3n) is 1.46. The third kappa shape index (κ3) is 1.24. The van der Waals surface area contributed by atoms with Crippen LogP contribution in [0.15, 0.2) is 34.9 Å². The van der Waals surface area contributed by atoms with Crippen LogP contribution in [0.2, 0.25) is 0 Å².